The minimum absolute atomic E-state index is 0.0282. The quantitative estimate of drug-likeness (QED) is 0.0146. The number of carbonyl (C=O) groups excluding carboxylic acids is 3. The summed E-state index contributed by atoms with van der Waals surface area (Å²) in [5, 5.41) is 20.7. The Hall–Kier alpha value is -5.87. The van der Waals surface area contributed by atoms with Crippen molar-refractivity contribution in [2.24, 2.45) is 0 Å². The monoisotopic (exact) mass is 1610 g/mol. The number of rotatable bonds is 80. The highest BCUT2D eigenvalue weighted by molar-refractivity contribution is 7.47. The molecule has 0 aliphatic carbocycles. The predicted octanol–water partition coefficient (Wildman–Crippen LogP) is 26.4. The molecular formula is C95H154O16P2. The number of phosphoric acid groups is 2. The lowest BCUT2D eigenvalue weighted by atomic mass is 10.0. The van der Waals surface area contributed by atoms with E-state index in [1.807, 2.05) is 18.2 Å². The van der Waals surface area contributed by atoms with Crippen molar-refractivity contribution in [3.8, 4) is 0 Å². The molecule has 5 atom stereocenters. The zero-order valence-corrected chi connectivity index (χ0v) is 72.0. The summed E-state index contributed by atoms with van der Waals surface area (Å²) in [6.45, 7) is 2.25. The van der Waals surface area contributed by atoms with E-state index in [-0.39, 0.29) is 19.3 Å². The van der Waals surface area contributed by atoms with E-state index < -0.39 is 91.5 Å². The van der Waals surface area contributed by atoms with E-state index in [1.54, 1.807) is 0 Å². The summed E-state index contributed by atoms with van der Waals surface area (Å²) in [5.74, 6) is -1.69. The van der Waals surface area contributed by atoms with E-state index in [9.17, 15) is 43.5 Å². The smallest absolute Gasteiger partial charge is 0.463 e. The van der Waals surface area contributed by atoms with E-state index in [0.717, 1.165) is 161 Å². The molecule has 0 bridgehead atoms. The van der Waals surface area contributed by atoms with Gasteiger partial charge in [-0.25, -0.2) is 9.13 Å². The van der Waals surface area contributed by atoms with Crippen LogP contribution in [0.1, 0.15) is 316 Å². The SMILES string of the molecule is CC/C=C\C/C=C\C/C=C\C/C=C\C/C=C\C/C=C\CCCCCCCCCCCCCCC(=O)OCC(O)COP(=O)(O)OCC(O)COP(=O)(O)OCC(COC(=O)CCCCCCCCCCCCC/C=C\C/C=C\C/C=C\C/C=C\C/C=C\CC)OC(=O)CC/C=C\C/C=C\C/C=C\C/C=C\C/C=C\C/C=C\CC. The Labute approximate surface area is 686 Å². The van der Waals surface area contributed by atoms with Crippen molar-refractivity contribution in [2.45, 2.75) is 334 Å². The van der Waals surface area contributed by atoms with Gasteiger partial charge < -0.3 is 34.2 Å². The van der Waals surface area contributed by atoms with Crippen molar-refractivity contribution < 1.29 is 75.8 Å². The second-order valence-electron chi connectivity index (χ2n) is 28.2. The molecule has 0 aliphatic rings. The summed E-state index contributed by atoms with van der Waals surface area (Å²) < 4.78 is 61.2. The fourth-order valence-electron chi connectivity index (χ4n) is 11.0. The number of aliphatic hydroxyl groups is 2. The average molecular weight is 1610 g/mol. The second kappa shape index (κ2) is 85.5. The molecule has 0 aromatic rings. The Balaban J connectivity index is 4.64. The van der Waals surface area contributed by atoms with Gasteiger partial charge in [-0.1, -0.05) is 349 Å². The minimum Gasteiger partial charge on any atom is -0.463 e. The molecule has 0 aromatic carbocycles. The van der Waals surface area contributed by atoms with Crippen molar-refractivity contribution in [3.05, 3.63) is 207 Å². The topological polar surface area (TPSA) is 231 Å². The number of aliphatic hydroxyl groups excluding tert-OH is 2. The van der Waals surface area contributed by atoms with Crippen LogP contribution in [-0.4, -0.2) is 95.9 Å². The summed E-state index contributed by atoms with van der Waals surface area (Å²) in [5.41, 5.74) is 0. The van der Waals surface area contributed by atoms with Gasteiger partial charge >= 0.3 is 33.6 Å². The highest BCUT2D eigenvalue weighted by Crippen LogP contribution is 2.45. The summed E-state index contributed by atoms with van der Waals surface area (Å²) in [4.78, 5) is 58.8. The molecule has 18 heteroatoms. The molecule has 16 nitrogen and oxygen atoms in total. The van der Waals surface area contributed by atoms with Crippen LogP contribution in [0.4, 0.5) is 0 Å². The first-order valence-corrected chi connectivity index (χ1v) is 46.4. The molecule has 0 heterocycles. The maximum absolute atomic E-state index is 13.0. The number of hydrogen-bond acceptors (Lipinski definition) is 14. The first kappa shape index (κ1) is 107. The van der Waals surface area contributed by atoms with E-state index >= 15 is 0 Å². The molecule has 0 amide bonds. The van der Waals surface area contributed by atoms with Crippen LogP contribution < -0.4 is 0 Å². The molecule has 0 radical (unpaired) electrons. The maximum Gasteiger partial charge on any atom is 0.472 e. The zero-order valence-electron chi connectivity index (χ0n) is 70.2. The molecule has 5 unspecified atom stereocenters. The van der Waals surface area contributed by atoms with Gasteiger partial charge in [0.1, 0.15) is 25.4 Å². The molecular weight excluding hydrogens is 1460 g/mol. The Morgan fingerprint density at radius 3 is 0.735 bits per heavy atom. The third-order valence-corrected chi connectivity index (χ3v) is 19.4. The first-order chi connectivity index (χ1) is 55.2. The molecule has 113 heavy (non-hydrogen) atoms. The third-order valence-electron chi connectivity index (χ3n) is 17.5. The van der Waals surface area contributed by atoms with Gasteiger partial charge in [0.15, 0.2) is 6.10 Å². The van der Waals surface area contributed by atoms with Gasteiger partial charge in [0.2, 0.25) is 0 Å². The van der Waals surface area contributed by atoms with Crippen LogP contribution in [0.25, 0.3) is 0 Å². The zero-order chi connectivity index (χ0) is 82.2. The average Bonchev–Trinajstić information content (AvgIpc) is 0.899. The van der Waals surface area contributed by atoms with Crippen LogP contribution in [0.15, 0.2) is 207 Å². The summed E-state index contributed by atoms with van der Waals surface area (Å²) >= 11 is 0. The number of unbranched alkanes of at least 4 members (excludes halogenated alkanes) is 23. The summed E-state index contributed by atoms with van der Waals surface area (Å²) in [7, 11) is -9.84. The van der Waals surface area contributed by atoms with E-state index in [4.69, 9.17) is 32.3 Å². The molecule has 0 spiro atoms. The van der Waals surface area contributed by atoms with Gasteiger partial charge in [-0.3, -0.25) is 32.5 Å². The van der Waals surface area contributed by atoms with Crippen LogP contribution in [0.3, 0.4) is 0 Å². The van der Waals surface area contributed by atoms with Crippen molar-refractivity contribution in [1.29, 1.82) is 0 Å². The second-order valence-corrected chi connectivity index (χ2v) is 31.1. The molecule has 640 valence electrons. The highest BCUT2D eigenvalue weighted by atomic mass is 31.2. The van der Waals surface area contributed by atoms with Gasteiger partial charge in [-0.2, -0.15) is 0 Å². The van der Waals surface area contributed by atoms with Crippen molar-refractivity contribution >= 4 is 33.6 Å². The maximum atomic E-state index is 13.0. The van der Waals surface area contributed by atoms with Crippen molar-refractivity contribution in [1.82, 2.24) is 0 Å². The molecule has 0 aromatic heterocycles. The Kier molecular flexibility index (Phi) is 81.1. The fraction of sp³-hybridized carbons (Fsp3) is 0.611. The highest BCUT2D eigenvalue weighted by Gasteiger charge is 2.29. The predicted molar refractivity (Wildman–Crippen MR) is 472 cm³/mol. The largest absolute Gasteiger partial charge is 0.472 e. The molecule has 4 N–H and O–H groups in total. The van der Waals surface area contributed by atoms with Gasteiger partial charge in [0, 0.05) is 19.3 Å². The van der Waals surface area contributed by atoms with E-state index in [2.05, 4.69) is 209 Å². The Morgan fingerprint density at radius 2 is 0.460 bits per heavy atom. The van der Waals surface area contributed by atoms with Crippen LogP contribution >= 0.6 is 15.6 Å². The number of phosphoric ester groups is 2. The van der Waals surface area contributed by atoms with Crippen LogP contribution in [0.5, 0.6) is 0 Å². The van der Waals surface area contributed by atoms with Gasteiger partial charge in [0.05, 0.1) is 26.4 Å². The molecule has 0 aliphatic heterocycles. The normalized spacial score (nSPS) is 14.9. The number of hydrogen-bond donors (Lipinski definition) is 4. The van der Waals surface area contributed by atoms with Crippen LogP contribution in [0, 0.1) is 0 Å². The summed E-state index contributed by atoms with van der Waals surface area (Å²) in [6, 6.07) is 0. The standard InChI is InChI=1S/C95H154O16P2/c1-4-7-10-13-16-19-22-25-28-31-34-36-38-40-42-43-44-45-47-49-50-52-55-57-60-63-66-69-72-75-78-81-93(98)105-84-90(96)85-107-112(101,102)108-86-91(97)87-109-113(103,104)110-89-92(111-95(100)83-80-77-74-71-68-65-62-59-54-33-30-27-24-21-18-15-12-9-6-3)88-106-94(99)82-79-76-73-70-67-64-61-58-56-53-51-48-46-41-39-37-35-32-29-26-23-20-17-14-11-8-5-2/h7-12,16-21,25-30,34-37,40-42,44-46,54,59,65,68,74,77,90-92,96-97H,4-6,13-15,22-24,31-33,38-39,43,47-53,55-58,60-64,66-67,69-73,75-76,78-89H2,1-3H3,(H,101,102)(H,103,104)/b10-7-,11-8-,12-9-,19-16-,20-17-,21-18-,28-25-,29-26-,30-27-,36-34-,37-35-,42-40-,45-44-,46-41-,59-54-,68-65-,77-74-. The lowest BCUT2D eigenvalue weighted by Crippen LogP contribution is -2.29. The van der Waals surface area contributed by atoms with E-state index in [0.29, 0.717) is 25.7 Å². The Morgan fingerprint density at radius 1 is 0.248 bits per heavy atom. The lowest BCUT2D eigenvalue weighted by Gasteiger charge is -2.21. The Bertz CT molecular complexity index is 2880. The van der Waals surface area contributed by atoms with Gasteiger partial charge in [0.25, 0.3) is 0 Å². The van der Waals surface area contributed by atoms with Gasteiger partial charge in [-0.15, -0.1) is 0 Å². The molecule has 0 saturated heterocycles. The molecule has 0 fully saturated rings. The number of esters is 3. The molecule has 0 rings (SSSR count). The van der Waals surface area contributed by atoms with E-state index in [1.165, 1.54) is 89.9 Å². The fourth-order valence-corrected chi connectivity index (χ4v) is 12.6. The number of carbonyl (C=O) groups is 3. The summed E-state index contributed by atoms with van der Waals surface area (Å²) in [6.07, 6.45) is 115. The third kappa shape index (κ3) is 86.8. The van der Waals surface area contributed by atoms with Crippen molar-refractivity contribution in [2.75, 3.05) is 39.6 Å². The lowest BCUT2D eigenvalue weighted by molar-refractivity contribution is -0.161. The molecule has 0 saturated carbocycles. The van der Waals surface area contributed by atoms with Gasteiger partial charge in [-0.05, 0) is 154 Å². The van der Waals surface area contributed by atoms with Crippen LogP contribution in [-0.2, 0) is 55.8 Å². The van der Waals surface area contributed by atoms with Crippen LogP contribution in [0.2, 0.25) is 0 Å². The first-order valence-electron chi connectivity index (χ1n) is 43.4. The number of allylic oxidation sites excluding steroid dienone is 34. The number of ether oxygens (including phenoxy) is 3. The van der Waals surface area contributed by atoms with Crippen molar-refractivity contribution in [3.63, 3.8) is 0 Å². The minimum atomic E-state index is -4.97.